The molecule has 2 aliphatic carbocycles. The van der Waals surface area contributed by atoms with Crippen LogP contribution in [-0.2, 0) is 11.2 Å². The Kier molecular flexibility index (Phi) is 4.08. The van der Waals surface area contributed by atoms with E-state index in [1.165, 1.54) is 0 Å². The monoisotopic (exact) mass is 311 g/mol. The fourth-order valence-corrected chi connectivity index (χ4v) is 3.14. The zero-order valence-electron chi connectivity index (χ0n) is 13.3. The molecule has 1 saturated carbocycles. The van der Waals surface area contributed by atoms with Gasteiger partial charge >= 0.3 is 0 Å². The first-order valence-corrected chi connectivity index (χ1v) is 8.14. The van der Waals surface area contributed by atoms with Crippen molar-refractivity contribution >= 4 is 17.4 Å². The van der Waals surface area contributed by atoms with Gasteiger partial charge in [-0.3, -0.25) is 9.59 Å². The van der Waals surface area contributed by atoms with Crippen molar-refractivity contribution in [1.29, 1.82) is 5.26 Å². The van der Waals surface area contributed by atoms with Crippen LogP contribution in [0.4, 0.5) is 5.69 Å². The fourth-order valence-electron chi connectivity index (χ4n) is 3.14. The summed E-state index contributed by atoms with van der Waals surface area (Å²) in [5, 5.41) is 15.1. The molecule has 1 unspecified atom stereocenters. The van der Waals surface area contributed by atoms with Crippen molar-refractivity contribution in [3.8, 4) is 6.07 Å². The first kappa shape index (κ1) is 15.5. The maximum absolute atomic E-state index is 12.1. The first-order chi connectivity index (χ1) is 11.0. The Morgan fingerprint density at radius 1 is 1.39 bits per heavy atom. The molecule has 1 atom stereocenters. The number of nitriles is 1. The van der Waals surface area contributed by atoms with E-state index in [0.29, 0.717) is 6.42 Å². The lowest BCUT2D eigenvalue weighted by atomic mass is 9.90. The summed E-state index contributed by atoms with van der Waals surface area (Å²) in [6, 6.07) is 7.89. The molecule has 120 valence electrons. The van der Waals surface area contributed by atoms with Crippen LogP contribution in [0, 0.1) is 17.2 Å². The number of hydrogen-bond donors (Lipinski definition) is 2. The van der Waals surface area contributed by atoms with Gasteiger partial charge in [0.2, 0.25) is 5.91 Å². The van der Waals surface area contributed by atoms with Gasteiger partial charge in [-0.25, -0.2) is 0 Å². The number of amides is 1. The van der Waals surface area contributed by atoms with E-state index in [2.05, 4.69) is 16.7 Å². The van der Waals surface area contributed by atoms with Gasteiger partial charge in [0.05, 0.1) is 12.6 Å². The number of Topliss-reactive ketones (excluding diaryl/α,β-unsaturated/α-hetero) is 1. The first-order valence-electron chi connectivity index (χ1n) is 8.14. The Balaban J connectivity index is 1.60. The van der Waals surface area contributed by atoms with Gasteiger partial charge in [0.15, 0.2) is 5.78 Å². The average Bonchev–Trinajstić information content (AvgIpc) is 3.39. The number of aryl methyl sites for hydroxylation is 1. The van der Waals surface area contributed by atoms with Gasteiger partial charge in [0, 0.05) is 17.7 Å². The van der Waals surface area contributed by atoms with Crippen molar-refractivity contribution in [2.75, 3.05) is 11.9 Å². The highest BCUT2D eigenvalue weighted by Gasteiger charge is 2.42. The van der Waals surface area contributed by atoms with E-state index >= 15 is 0 Å². The smallest absolute Gasteiger partial charge is 0.240 e. The van der Waals surface area contributed by atoms with E-state index in [1.54, 1.807) is 6.92 Å². The summed E-state index contributed by atoms with van der Waals surface area (Å²) < 4.78 is 0. The van der Waals surface area contributed by atoms with Gasteiger partial charge in [-0.15, -0.1) is 0 Å². The standard InChI is InChI=1S/C18H21N3O2/c1-18(11-19,13-6-7-13)21-17(23)10-20-14-8-5-12-3-2-4-16(22)15(12)9-14/h5,8-9,13,20H,2-4,6-7,10H2,1H3,(H,21,23). The lowest BCUT2D eigenvalue weighted by molar-refractivity contribution is -0.120. The second kappa shape index (κ2) is 6.04. The van der Waals surface area contributed by atoms with Gasteiger partial charge < -0.3 is 10.6 Å². The number of fused-ring (bicyclic) bond motifs is 1. The second-order valence-electron chi connectivity index (χ2n) is 6.64. The van der Waals surface area contributed by atoms with Crippen molar-refractivity contribution in [2.45, 2.75) is 44.6 Å². The maximum Gasteiger partial charge on any atom is 0.240 e. The van der Waals surface area contributed by atoms with E-state index in [0.717, 1.165) is 42.5 Å². The normalized spacial score (nSPS) is 19.2. The average molecular weight is 311 g/mol. The molecule has 5 heteroatoms. The van der Waals surface area contributed by atoms with Crippen LogP contribution in [0.3, 0.4) is 0 Å². The van der Waals surface area contributed by atoms with Crippen LogP contribution >= 0.6 is 0 Å². The highest BCUT2D eigenvalue weighted by atomic mass is 16.2. The molecular formula is C18H21N3O2. The lowest BCUT2D eigenvalue weighted by Crippen LogP contribution is -2.48. The molecule has 1 aromatic carbocycles. The van der Waals surface area contributed by atoms with E-state index in [4.69, 9.17) is 0 Å². The Morgan fingerprint density at radius 3 is 2.87 bits per heavy atom. The van der Waals surface area contributed by atoms with Crippen LogP contribution in [0.1, 0.15) is 48.5 Å². The summed E-state index contributed by atoms with van der Waals surface area (Å²) in [6.45, 7) is 1.87. The molecule has 0 spiro atoms. The molecule has 2 N–H and O–H groups in total. The largest absolute Gasteiger partial charge is 0.376 e. The van der Waals surface area contributed by atoms with Gasteiger partial charge in [-0.05, 0) is 56.2 Å². The Bertz CT molecular complexity index is 688. The van der Waals surface area contributed by atoms with E-state index < -0.39 is 5.54 Å². The van der Waals surface area contributed by atoms with Crippen LogP contribution < -0.4 is 10.6 Å². The van der Waals surface area contributed by atoms with Gasteiger partial charge in [0.25, 0.3) is 0 Å². The second-order valence-corrected chi connectivity index (χ2v) is 6.64. The van der Waals surface area contributed by atoms with Crippen LogP contribution in [0.2, 0.25) is 0 Å². The molecule has 23 heavy (non-hydrogen) atoms. The number of benzene rings is 1. The zero-order chi connectivity index (χ0) is 16.4. The SMILES string of the molecule is CC(C#N)(NC(=O)CNc1ccc2c(c1)C(=O)CCC2)C1CC1. The molecule has 0 aromatic heterocycles. The molecular weight excluding hydrogens is 290 g/mol. The Hall–Kier alpha value is -2.35. The van der Waals surface area contributed by atoms with E-state index in [9.17, 15) is 14.9 Å². The fraction of sp³-hybridized carbons (Fsp3) is 0.500. The highest BCUT2D eigenvalue weighted by molar-refractivity contribution is 5.99. The minimum atomic E-state index is -0.773. The lowest BCUT2D eigenvalue weighted by Gasteiger charge is -2.23. The van der Waals surface area contributed by atoms with E-state index in [-0.39, 0.29) is 24.2 Å². The third-order valence-electron chi connectivity index (χ3n) is 4.74. The highest BCUT2D eigenvalue weighted by Crippen LogP contribution is 2.39. The topological polar surface area (TPSA) is 82.0 Å². The molecule has 0 saturated heterocycles. The summed E-state index contributed by atoms with van der Waals surface area (Å²) in [7, 11) is 0. The number of nitrogens with one attached hydrogen (secondary N) is 2. The summed E-state index contributed by atoms with van der Waals surface area (Å²) in [6.07, 6.45) is 4.42. The summed E-state index contributed by atoms with van der Waals surface area (Å²) in [5.74, 6) is 0.230. The van der Waals surface area contributed by atoms with Gasteiger partial charge in [-0.2, -0.15) is 5.26 Å². The van der Waals surface area contributed by atoms with Crippen molar-refractivity contribution in [2.24, 2.45) is 5.92 Å². The van der Waals surface area contributed by atoms with Crippen molar-refractivity contribution in [1.82, 2.24) is 5.32 Å². The van der Waals surface area contributed by atoms with Crippen LogP contribution in [0.5, 0.6) is 0 Å². The van der Waals surface area contributed by atoms with Crippen molar-refractivity contribution in [3.63, 3.8) is 0 Å². The molecule has 5 nitrogen and oxygen atoms in total. The van der Waals surface area contributed by atoms with Crippen molar-refractivity contribution in [3.05, 3.63) is 29.3 Å². The number of hydrogen-bond acceptors (Lipinski definition) is 4. The number of carbonyl (C=O) groups excluding carboxylic acids is 2. The molecule has 0 radical (unpaired) electrons. The molecule has 0 aliphatic heterocycles. The quantitative estimate of drug-likeness (QED) is 0.875. The minimum absolute atomic E-state index is 0.0942. The third kappa shape index (κ3) is 3.37. The van der Waals surface area contributed by atoms with E-state index in [1.807, 2.05) is 18.2 Å². The molecule has 0 heterocycles. The third-order valence-corrected chi connectivity index (χ3v) is 4.74. The Morgan fingerprint density at radius 2 is 2.17 bits per heavy atom. The summed E-state index contributed by atoms with van der Waals surface area (Å²) in [4.78, 5) is 24.0. The Labute approximate surface area is 136 Å². The zero-order valence-corrected chi connectivity index (χ0v) is 13.3. The summed E-state index contributed by atoms with van der Waals surface area (Å²) >= 11 is 0. The maximum atomic E-state index is 12.1. The molecule has 2 aliphatic rings. The molecule has 1 fully saturated rings. The number of carbonyl (C=O) groups is 2. The predicted molar refractivity (Wildman–Crippen MR) is 87.1 cm³/mol. The molecule has 3 rings (SSSR count). The molecule has 0 bridgehead atoms. The van der Waals surface area contributed by atoms with Gasteiger partial charge in [0.1, 0.15) is 5.54 Å². The minimum Gasteiger partial charge on any atom is -0.376 e. The molecule has 1 aromatic rings. The number of anilines is 1. The van der Waals surface area contributed by atoms with Crippen LogP contribution in [-0.4, -0.2) is 23.8 Å². The number of rotatable bonds is 5. The number of ketones is 1. The van der Waals surface area contributed by atoms with Gasteiger partial charge in [-0.1, -0.05) is 6.07 Å². The van der Waals surface area contributed by atoms with Crippen molar-refractivity contribution < 1.29 is 9.59 Å². The molecule has 1 amide bonds. The number of nitrogens with zero attached hydrogens (tertiary/aromatic N) is 1. The van der Waals surface area contributed by atoms with Crippen LogP contribution in [0.15, 0.2) is 18.2 Å². The summed E-state index contributed by atoms with van der Waals surface area (Å²) in [5.41, 5.74) is 1.84. The predicted octanol–water partition coefficient (Wildman–Crippen LogP) is 2.43. The van der Waals surface area contributed by atoms with Crippen LogP contribution in [0.25, 0.3) is 0 Å².